The van der Waals surface area contributed by atoms with Gasteiger partial charge in [0.15, 0.2) is 5.13 Å². The minimum atomic E-state index is -0.970. The molecule has 1 aromatic heterocycles. The molecule has 3 aromatic rings. The van der Waals surface area contributed by atoms with E-state index in [4.69, 9.17) is 0 Å². The lowest BCUT2D eigenvalue weighted by Gasteiger charge is -2.30. The zero-order valence-electron chi connectivity index (χ0n) is 14.6. The summed E-state index contributed by atoms with van der Waals surface area (Å²) in [6, 6.07) is 13.6. The van der Waals surface area contributed by atoms with Gasteiger partial charge in [0, 0.05) is 11.5 Å². The van der Waals surface area contributed by atoms with Crippen molar-refractivity contribution in [1.29, 1.82) is 0 Å². The van der Waals surface area contributed by atoms with E-state index in [1.165, 1.54) is 16.2 Å². The van der Waals surface area contributed by atoms with Gasteiger partial charge in [-0.1, -0.05) is 51.5 Å². The van der Waals surface area contributed by atoms with E-state index in [2.05, 4.69) is 20.9 Å². The highest BCUT2D eigenvalue weighted by atomic mass is 79.9. The van der Waals surface area contributed by atoms with E-state index in [1.807, 2.05) is 42.5 Å². The fourth-order valence-corrected chi connectivity index (χ4v) is 5.29. The van der Waals surface area contributed by atoms with Crippen LogP contribution in [0, 0.1) is 5.41 Å². The molecule has 1 aliphatic rings. The molecule has 0 radical (unpaired) electrons. The highest BCUT2D eigenvalue weighted by Crippen LogP contribution is 2.42. The molecule has 4 rings (SSSR count). The number of carboxylic acid groups (broad SMARTS) is 1. The molecule has 0 unspecified atom stereocenters. The number of hydrogen-bond acceptors (Lipinski definition) is 4. The van der Waals surface area contributed by atoms with E-state index in [1.54, 1.807) is 7.05 Å². The van der Waals surface area contributed by atoms with Crippen LogP contribution in [-0.4, -0.2) is 29.0 Å². The Morgan fingerprint density at radius 1 is 1.22 bits per heavy atom. The summed E-state index contributed by atoms with van der Waals surface area (Å²) >= 11 is 4.87. The number of thiazole rings is 1. The number of carboxylic acids is 1. The third kappa shape index (κ3) is 3.26. The Kier molecular flexibility index (Phi) is 4.52. The predicted octanol–water partition coefficient (Wildman–Crippen LogP) is 4.28. The lowest BCUT2D eigenvalue weighted by molar-refractivity contribution is -0.144. The molecule has 1 N–H and O–H groups in total. The molecule has 1 aliphatic carbocycles. The minimum absolute atomic E-state index is 0.193. The first-order chi connectivity index (χ1) is 12.9. The molecule has 2 aromatic carbocycles. The van der Waals surface area contributed by atoms with Gasteiger partial charge < -0.3 is 5.11 Å². The summed E-state index contributed by atoms with van der Waals surface area (Å²) in [5.41, 5.74) is 1.95. The lowest BCUT2D eigenvalue weighted by Crippen LogP contribution is -2.44. The van der Waals surface area contributed by atoms with Gasteiger partial charge in [0.25, 0.3) is 0 Å². The van der Waals surface area contributed by atoms with Crippen LogP contribution in [0.3, 0.4) is 0 Å². The van der Waals surface area contributed by atoms with Crippen molar-refractivity contribution in [2.24, 2.45) is 5.41 Å². The lowest BCUT2D eigenvalue weighted by atomic mass is 9.80. The highest BCUT2D eigenvalue weighted by molar-refractivity contribution is 9.10. The SMILES string of the molecule is CN(C(=O)C1(CC(=O)O)Cc2ccccc2C1)c1nc2ccc(Br)cc2s1. The average Bonchev–Trinajstić information content (AvgIpc) is 3.20. The molecule has 0 bridgehead atoms. The smallest absolute Gasteiger partial charge is 0.304 e. The number of anilines is 1. The quantitative estimate of drug-likeness (QED) is 0.651. The number of halogens is 1. The Morgan fingerprint density at radius 2 is 1.89 bits per heavy atom. The Hall–Kier alpha value is -2.25. The van der Waals surface area contributed by atoms with E-state index >= 15 is 0 Å². The Morgan fingerprint density at radius 3 is 2.52 bits per heavy atom. The van der Waals surface area contributed by atoms with Crippen LogP contribution in [0.15, 0.2) is 46.9 Å². The largest absolute Gasteiger partial charge is 0.481 e. The number of fused-ring (bicyclic) bond motifs is 2. The number of benzene rings is 2. The van der Waals surface area contributed by atoms with Crippen LogP contribution in [0.25, 0.3) is 10.2 Å². The molecule has 5 nitrogen and oxygen atoms in total. The number of nitrogens with zero attached hydrogens (tertiary/aromatic N) is 2. The standard InChI is InChI=1S/C20H17BrN2O3S/c1-23(19-22-15-7-6-14(21)8-16(15)27-19)18(26)20(11-17(24)25)9-12-4-2-3-5-13(12)10-20/h2-8H,9-11H2,1H3,(H,24,25). The average molecular weight is 445 g/mol. The highest BCUT2D eigenvalue weighted by Gasteiger charge is 2.47. The molecule has 0 saturated heterocycles. The monoisotopic (exact) mass is 444 g/mol. The van der Waals surface area contributed by atoms with Crippen LogP contribution in [0.1, 0.15) is 17.5 Å². The topological polar surface area (TPSA) is 70.5 Å². The van der Waals surface area contributed by atoms with E-state index in [0.29, 0.717) is 18.0 Å². The van der Waals surface area contributed by atoms with E-state index < -0.39 is 11.4 Å². The molecule has 1 amide bonds. The molecule has 0 fully saturated rings. The first-order valence-corrected chi connectivity index (χ1v) is 10.1. The summed E-state index contributed by atoms with van der Waals surface area (Å²) in [7, 11) is 1.68. The van der Waals surface area contributed by atoms with Gasteiger partial charge in [-0.3, -0.25) is 14.5 Å². The molecular weight excluding hydrogens is 428 g/mol. The number of carbonyl (C=O) groups excluding carboxylic acids is 1. The second-order valence-corrected chi connectivity index (χ2v) is 8.87. The van der Waals surface area contributed by atoms with Crippen LogP contribution in [-0.2, 0) is 22.4 Å². The van der Waals surface area contributed by atoms with Crippen molar-refractivity contribution in [2.45, 2.75) is 19.3 Å². The summed E-state index contributed by atoms with van der Waals surface area (Å²) in [5, 5.41) is 10.1. The van der Waals surface area contributed by atoms with Crippen LogP contribution in [0.5, 0.6) is 0 Å². The number of carbonyl (C=O) groups is 2. The van der Waals surface area contributed by atoms with Crippen LogP contribution in [0.4, 0.5) is 5.13 Å². The molecule has 7 heteroatoms. The maximum atomic E-state index is 13.4. The van der Waals surface area contributed by atoms with Crippen molar-refractivity contribution < 1.29 is 14.7 Å². The van der Waals surface area contributed by atoms with Gasteiger partial charge in [-0.25, -0.2) is 4.98 Å². The Balaban J connectivity index is 1.70. The van der Waals surface area contributed by atoms with Crippen molar-refractivity contribution in [3.8, 4) is 0 Å². The Labute approximate surface area is 168 Å². The number of rotatable bonds is 4. The fraction of sp³-hybridized carbons (Fsp3) is 0.250. The molecule has 0 spiro atoms. The van der Waals surface area contributed by atoms with Crippen molar-refractivity contribution >= 4 is 54.5 Å². The molecule has 138 valence electrons. The van der Waals surface area contributed by atoms with Crippen molar-refractivity contribution in [2.75, 3.05) is 11.9 Å². The molecule has 27 heavy (non-hydrogen) atoms. The van der Waals surface area contributed by atoms with Gasteiger partial charge in [0.05, 0.1) is 22.1 Å². The first-order valence-electron chi connectivity index (χ1n) is 8.51. The number of hydrogen-bond donors (Lipinski definition) is 1. The first kappa shape index (κ1) is 18.1. The maximum absolute atomic E-state index is 13.4. The summed E-state index contributed by atoms with van der Waals surface area (Å²) < 4.78 is 1.92. The third-order valence-electron chi connectivity index (χ3n) is 5.05. The number of aromatic nitrogens is 1. The van der Waals surface area contributed by atoms with E-state index in [0.717, 1.165) is 25.8 Å². The maximum Gasteiger partial charge on any atom is 0.304 e. The number of amides is 1. The summed E-state index contributed by atoms with van der Waals surface area (Å²) in [5.74, 6) is -1.16. The van der Waals surface area contributed by atoms with Crippen molar-refractivity contribution in [3.05, 3.63) is 58.1 Å². The second-order valence-electron chi connectivity index (χ2n) is 6.95. The molecule has 1 heterocycles. The summed E-state index contributed by atoms with van der Waals surface area (Å²) in [6.45, 7) is 0. The van der Waals surface area contributed by atoms with Gasteiger partial charge >= 0.3 is 5.97 Å². The molecule has 0 saturated carbocycles. The predicted molar refractivity (Wildman–Crippen MR) is 109 cm³/mol. The third-order valence-corrected chi connectivity index (χ3v) is 6.64. The molecular formula is C20H17BrN2O3S. The van der Waals surface area contributed by atoms with Gasteiger partial charge in [-0.05, 0) is 42.2 Å². The van der Waals surface area contributed by atoms with Crippen LogP contribution >= 0.6 is 27.3 Å². The second kappa shape index (κ2) is 6.73. The van der Waals surface area contributed by atoms with Gasteiger partial charge in [0.2, 0.25) is 5.91 Å². The normalized spacial score (nSPS) is 14.9. The summed E-state index contributed by atoms with van der Waals surface area (Å²) in [6.07, 6.45) is 0.686. The van der Waals surface area contributed by atoms with Gasteiger partial charge in [0.1, 0.15) is 0 Å². The molecule has 0 aliphatic heterocycles. The zero-order chi connectivity index (χ0) is 19.2. The van der Waals surface area contributed by atoms with Gasteiger partial charge in [-0.2, -0.15) is 0 Å². The fourth-order valence-electron chi connectivity index (χ4n) is 3.81. The van der Waals surface area contributed by atoms with Gasteiger partial charge in [-0.15, -0.1) is 0 Å². The van der Waals surface area contributed by atoms with E-state index in [-0.39, 0.29) is 12.3 Å². The van der Waals surface area contributed by atoms with E-state index in [9.17, 15) is 14.7 Å². The van der Waals surface area contributed by atoms with Crippen LogP contribution in [0.2, 0.25) is 0 Å². The summed E-state index contributed by atoms with van der Waals surface area (Å²) in [4.78, 5) is 31.1. The van der Waals surface area contributed by atoms with Crippen molar-refractivity contribution in [3.63, 3.8) is 0 Å². The Bertz CT molecular complexity index is 1040. The zero-order valence-corrected chi connectivity index (χ0v) is 17.0. The minimum Gasteiger partial charge on any atom is -0.481 e. The van der Waals surface area contributed by atoms with Crippen molar-refractivity contribution in [1.82, 2.24) is 4.98 Å². The number of aliphatic carboxylic acids is 1. The molecule has 0 atom stereocenters. The van der Waals surface area contributed by atoms with Crippen LogP contribution < -0.4 is 4.90 Å².